The highest BCUT2D eigenvalue weighted by Gasteiger charge is 2.43. The Balaban J connectivity index is 1.83. The lowest BCUT2D eigenvalue weighted by atomic mass is 9.90. The van der Waals surface area contributed by atoms with Gasteiger partial charge in [-0.25, -0.2) is 0 Å². The summed E-state index contributed by atoms with van der Waals surface area (Å²) in [7, 11) is 1.64. The highest BCUT2D eigenvalue weighted by Crippen LogP contribution is 2.28. The van der Waals surface area contributed by atoms with Gasteiger partial charge < -0.3 is 15.0 Å². The maximum Gasteiger partial charge on any atom is 0.244 e. The van der Waals surface area contributed by atoms with Crippen LogP contribution in [0.25, 0.3) is 0 Å². The van der Waals surface area contributed by atoms with Gasteiger partial charge in [0, 0.05) is 18.3 Å². The maximum absolute atomic E-state index is 12.0. The maximum atomic E-state index is 12.0. The fraction of sp³-hybridized carbons (Fsp3) is 0.417. The molecule has 4 heteroatoms. The molecule has 0 aliphatic carbocycles. The van der Waals surface area contributed by atoms with Crippen LogP contribution >= 0.6 is 0 Å². The number of methoxy groups -OCH3 is 1. The number of fused-ring (bicyclic) bond motifs is 2. The van der Waals surface area contributed by atoms with E-state index < -0.39 is 0 Å². The van der Waals surface area contributed by atoms with Gasteiger partial charge in [0.1, 0.15) is 5.75 Å². The van der Waals surface area contributed by atoms with Crippen molar-refractivity contribution in [1.29, 1.82) is 0 Å². The molecule has 0 radical (unpaired) electrons. The number of benzene rings is 1. The number of rotatable bonds is 2. The minimum absolute atomic E-state index is 0.0425. The Morgan fingerprint density at radius 3 is 2.62 bits per heavy atom. The van der Waals surface area contributed by atoms with Crippen molar-refractivity contribution in [2.45, 2.75) is 18.5 Å². The largest absolute Gasteiger partial charge is 0.497 e. The zero-order valence-electron chi connectivity index (χ0n) is 9.14. The Bertz CT molecular complexity index is 410. The summed E-state index contributed by atoms with van der Waals surface area (Å²) in [6.45, 7) is 0.779. The number of carbonyl (C=O) groups excluding carboxylic acids is 1. The number of piperazine rings is 1. The van der Waals surface area contributed by atoms with E-state index in [1.807, 2.05) is 29.2 Å². The normalized spacial score (nSPS) is 27.6. The molecule has 3 fully saturated rings. The van der Waals surface area contributed by atoms with E-state index >= 15 is 0 Å². The van der Waals surface area contributed by atoms with Gasteiger partial charge in [0.15, 0.2) is 0 Å². The molecule has 2 atom stereocenters. The minimum atomic E-state index is 0.0425. The molecule has 4 nitrogen and oxygen atoms in total. The molecule has 16 heavy (non-hydrogen) atoms. The molecule has 84 valence electrons. The molecular weight excluding hydrogens is 204 g/mol. The molecule has 0 saturated carbocycles. The van der Waals surface area contributed by atoms with Crippen LogP contribution in [-0.2, 0) is 4.79 Å². The summed E-state index contributed by atoms with van der Waals surface area (Å²) in [5.74, 6) is 1.00. The van der Waals surface area contributed by atoms with Crippen LogP contribution in [0.4, 0.5) is 5.69 Å². The van der Waals surface area contributed by atoms with E-state index in [1.54, 1.807) is 7.11 Å². The van der Waals surface area contributed by atoms with Gasteiger partial charge in [-0.3, -0.25) is 4.79 Å². The average molecular weight is 218 g/mol. The molecule has 0 aromatic heterocycles. The number of anilines is 1. The van der Waals surface area contributed by atoms with E-state index in [4.69, 9.17) is 4.74 Å². The van der Waals surface area contributed by atoms with Crippen molar-refractivity contribution in [3.63, 3.8) is 0 Å². The van der Waals surface area contributed by atoms with Crippen LogP contribution in [0.15, 0.2) is 24.3 Å². The minimum Gasteiger partial charge on any atom is -0.497 e. The molecular formula is C12H14N2O2. The second-order valence-electron chi connectivity index (χ2n) is 4.30. The van der Waals surface area contributed by atoms with Crippen molar-refractivity contribution < 1.29 is 9.53 Å². The van der Waals surface area contributed by atoms with Gasteiger partial charge in [0.05, 0.1) is 13.2 Å². The molecule has 3 aliphatic rings. The summed E-state index contributed by atoms with van der Waals surface area (Å²) < 4.78 is 5.10. The van der Waals surface area contributed by atoms with E-state index in [0.29, 0.717) is 6.04 Å². The molecule has 3 heterocycles. The predicted molar refractivity (Wildman–Crippen MR) is 60.7 cm³/mol. The number of carbonyl (C=O) groups is 1. The van der Waals surface area contributed by atoms with Crippen LogP contribution in [0.2, 0.25) is 0 Å². The standard InChI is InChI=1S/C12H14N2O2/c1-16-10-4-2-9(3-5-10)14-7-8-6-11(13-8)12(14)15/h2-5,8,11,13H,6-7H2,1H3. The van der Waals surface area contributed by atoms with E-state index in [9.17, 15) is 4.79 Å². The van der Waals surface area contributed by atoms with Crippen molar-refractivity contribution in [1.82, 2.24) is 5.32 Å². The first-order valence-electron chi connectivity index (χ1n) is 5.49. The highest BCUT2D eigenvalue weighted by molar-refractivity contribution is 5.99. The van der Waals surface area contributed by atoms with Gasteiger partial charge in [-0.15, -0.1) is 0 Å². The number of ether oxygens (including phenoxy) is 1. The van der Waals surface area contributed by atoms with E-state index in [-0.39, 0.29) is 11.9 Å². The number of piperidine rings is 1. The molecule has 2 unspecified atom stereocenters. The second kappa shape index (κ2) is 3.49. The first-order valence-corrected chi connectivity index (χ1v) is 5.49. The zero-order chi connectivity index (χ0) is 11.1. The quantitative estimate of drug-likeness (QED) is 0.797. The first-order chi connectivity index (χ1) is 7.78. The summed E-state index contributed by atoms with van der Waals surface area (Å²) in [5, 5.41) is 3.24. The lowest BCUT2D eigenvalue weighted by Gasteiger charge is -2.47. The number of hydrogen-bond acceptors (Lipinski definition) is 3. The molecule has 3 saturated heterocycles. The summed E-state index contributed by atoms with van der Waals surface area (Å²) in [4.78, 5) is 13.8. The molecule has 1 aromatic rings. The second-order valence-corrected chi connectivity index (χ2v) is 4.30. The number of hydrogen-bond donors (Lipinski definition) is 1. The van der Waals surface area contributed by atoms with Gasteiger partial charge in [-0.1, -0.05) is 0 Å². The molecule has 1 N–H and O–H groups in total. The monoisotopic (exact) mass is 218 g/mol. The van der Waals surface area contributed by atoms with Crippen molar-refractivity contribution in [3.8, 4) is 5.75 Å². The van der Waals surface area contributed by atoms with Gasteiger partial charge in [-0.05, 0) is 30.7 Å². The van der Waals surface area contributed by atoms with Crippen LogP contribution in [0, 0.1) is 0 Å². The third kappa shape index (κ3) is 1.38. The summed E-state index contributed by atoms with van der Waals surface area (Å²) in [5.41, 5.74) is 0.960. The van der Waals surface area contributed by atoms with Crippen molar-refractivity contribution >= 4 is 11.6 Å². The van der Waals surface area contributed by atoms with Crippen LogP contribution < -0.4 is 15.0 Å². The van der Waals surface area contributed by atoms with Crippen molar-refractivity contribution in [3.05, 3.63) is 24.3 Å². The van der Waals surface area contributed by atoms with Crippen LogP contribution in [-0.4, -0.2) is 31.6 Å². The predicted octanol–water partition coefficient (Wildman–Crippen LogP) is 0.772. The smallest absolute Gasteiger partial charge is 0.244 e. The van der Waals surface area contributed by atoms with Gasteiger partial charge in [-0.2, -0.15) is 0 Å². The first kappa shape index (κ1) is 9.66. The highest BCUT2D eigenvalue weighted by atomic mass is 16.5. The summed E-state index contributed by atoms with van der Waals surface area (Å²) in [6, 6.07) is 8.15. The lowest BCUT2D eigenvalue weighted by Crippen LogP contribution is -2.70. The summed E-state index contributed by atoms with van der Waals surface area (Å²) >= 11 is 0. The molecule has 0 spiro atoms. The van der Waals surface area contributed by atoms with Crippen molar-refractivity contribution in [2.75, 3.05) is 18.6 Å². The molecule has 2 bridgehead atoms. The van der Waals surface area contributed by atoms with Crippen molar-refractivity contribution in [2.24, 2.45) is 0 Å². The Morgan fingerprint density at radius 1 is 1.38 bits per heavy atom. The summed E-state index contributed by atoms with van der Waals surface area (Å²) in [6.07, 6.45) is 0.992. The average Bonchev–Trinajstić information content (AvgIpc) is 2.28. The Hall–Kier alpha value is -1.55. The Labute approximate surface area is 94.2 Å². The Kier molecular flexibility index (Phi) is 2.11. The number of nitrogens with one attached hydrogen (secondary N) is 1. The molecule has 3 aliphatic heterocycles. The SMILES string of the molecule is COc1ccc(N2CC3CC(N3)C2=O)cc1. The van der Waals surface area contributed by atoms with Gasteiger partial charge >= 0.3 is 0 Å². The van der Waals surface area contributed by atoms with Crippen LogP contribution in [0.3, 0.4) is 0 Å². The fourth-order valence-corrected chi connectivity index (χ4v) is 2.34. The van der Waals surface area contributed by atoms with E-state index in [0.717, 1.165) is 24.4 Å². The molecule has 1 aromatic carbocycles. The topological polar surface area (TPSA) is 41.6 Å². The van der Waals surface area contributed by atoms with Gasteiger partial charge in [0.25, 0.3) is 0 Å². The lowest BCUT2D eigenvalue weighted by molar-refractivity contribution is -0.125. The Morgan fingerprint density at radius 2 is 2.06 bits per heavy atom. The zero-order valence-corrected chi connectivity index (χ0v) is 9.14. The third-order valence-corrected chi connectivity index (χ3v) is 3.31. The fourth-order valence-electron chi connectivity index (χ4n) is 2.34. The van der Waals surface area contributed by atoms with E-state index in [1.165, 1.54) is 0 Å². The number of nitrogens with zero attached hydrogens (tertiary/aromatic N) is 1. The van der Waals surface area contributed by atoms with Crippen LogP contribution in [0.1, 0.15) is 6.42 Å². The van der Waals surface area contributed by atoms with E-state index in [2.05, 4.69) is 5.32 Å². The molecule has 4 rings (SSSR count). The third-order valence-electron chi connectivity index (χ3n) is 3.31. The van der Waals surface area contributed by atoms with Crippen LogP contribution in [0.5, 0.6) is 5.75 Å². The molecule has 1 amide bonds. The van der Waals surface area contributed by atoms with Gasteiger partial charge in [0.2, 0.25) is 5.91 Å². The number of amides is 1.